The highest BCUT2D eigenvalue weighted by Gasteiger charge is 2.46. The SMILES string of the molecule is O=C(O)c1c(F)cc(C2(O)CC2)c(F)c1F. The van der Waals surface area contributed by atoms with Crippen molar-refractivity contribution in [2.45, 2.75) is 18.4 Å². The van der Waals surface area contributed by atoms with Crippen LogP contribution < -0.4 is 0 Å². The Morgan fingerprint density at radius 2 is 1.81 bits per heavy atom. The van der Waals surface area contributed by atoms with E-state index >= 15 is 0 Å². The van der Waals surface area contributed by atoms with Crippen molar-refractivity contribution in [3.8, 4) is 0 Å². The molecule has 1 aromatic rings. The van der Waals surface area contributed by atoms with E-state index in [0.717, 1.165) is 0 Å². The number of aromatic carboxylic acids is 1. The molecule has 0 saturated heterocycles. The summed E-state index contributed by atoms with van der Waals surface area (Å²) in [6.07, 6.45) is 0.407. The van der Waals surface area contributed by atoms with Crippen molar-refractivity contribution >= 4 is 5.97 Å². The summed E-state index contributed by atoms with van der Waals surface area (Å²) in [6, 6.07) is 0.537. The van der Waals surface area contributed by atoms with Crippen molar-refractivity contribution in [2.75, 3.05) is 0 Å². The predicted octanol–water partition coefficient (Wildman–Crippen LogP) is 1.78. The molecule has 1 fully saturated rings. The first kappa shape index (κ1) is 10.9. The van der Waals surface area contributed by atoms with Gasteiger partial charge in [-0.1, -0.05) is 0 Å². The van der Waals surface area contributed by atoms with Gasteiger partial charge in [0.05, 0.1) is 5.60 Å². The molecule has 2 rings (SSSR count). The monoisotopic (exact) mass is 232 g/mol. The summed E-state index contributed by atoms with van der Waals surface area (Å²) in [5, 5.41) is 18.0. The number of carbonyl (C=O) groups is 1. The average molecular weight is 232 g/mol. The first-order chi connectivity index (χ1) is 7.37. The third kappa shape index (κ3) is 1.46. The molecule has 2 N–H and O–H groups in total. The fourth-order valence-electron chi connectivity index (χ4n) is 1.52. The number of hydrogen-bond donors (Lipinski definition) is 2. The van der Waals surface area contributed by atoms with Crippen LogP contribution in [0.25, 0.3) is 0 Å². The molecule has 0 amide bonds. The lowest BCUT2D eigenvalue weighted by molar-refractivity contribution is 0.0683. The van der Waals surface area contributed by atoms with Gasteiger partial charge in [-0.2, -0.15) is 0 Å². The zero-order valence-electron chi connectivity index (χ0n) is 7.93. The normalized spacial score (nSPS) is 17.2. The topological polar surface area (TPSA) is 57.5 Å². The molecule has 0 atom stereocenters. The second-order valence-electron chi connectivity index (χ2n) is 3.75. The number of aliphatic hydroxyl groups is 1. The molecule has 1 aromatic carbocycles. The minimum atomic E-state index is -1.89. The van der Waals surface area contributed by atoms with E-state index in [1.54, 1.807) is 0 Å². The lowest BCUT2D eigenvalue weighted by atomic mass is 10.0. The maximum Gasteiger partial charge on any atom is 0.341 e. The van der Waals surface area contributed by atoms with E-state index in [4.69, 9.17) is 5.11 Å². The molecule has 1 saturated carbocycles. The van der Waals surface area contributed by atoms with Gasteiger partial charge >= 0.3 is 5.97 Å². The summed E-state index contributed by atoms with van der Waals surface area (Å²) in [5.74, 6) is -6.55. The average Bonchev–Trinajstić information content (AvgIpc) is 2.91. The van der Waals surface area contributed by atoms with Gasteiger partial charge in [0.15, 0.2) is 11.6 Å². The van der Waals surface area contributed by atoms with E-state index < -0.39 is 40.1 Å². The van der Waals surface area contributed by atoms with Gasteiger partial charge in [-0.15, -0.1) is 0 Å². The Hall–Kier alpha value is -1.56. The Bertz CT molecular complexity index is 481. The molecule has 3 nitrogen and oxygen atoms in total. The number of benzene rings is 1. The van der Waals surface area contributed by atoms with Gasteiger partial charge in [0.2, 0.25) is 0 Å². The fourth-order valence-corrected chi connectivity index (χ4v) is 1.52. The third-order valence-electron chi connectivity index (χ3n) is 2.60. The zero-order valence-corrected chi connectivity index (χ0v) is 7.93. The molecule has 0 unspecified atom stereocenters. The first-order valence-corrected chi connectivity index (χ1v) is 4.50. The number of rotatable bonds is 2. The van der Waals surface area contributed by atoms with Gasteiger partial charge in [0, 0.05) is 5.56 Å². The molecular formula is C10H7F3O3. The van der Waals surface area contributed by atoms with Gasteiger partial charge in [-0.3, -0.25) is 0 Å². The van der Waals surface area contributed by atoms with Gasteiger partial charge in [-0.25, -0.2) is 18.0 Å². The summed E-state index contributed by atoms with van der Waals surface area (Å²) >= 11 is 0. The highest BCUT2D eigenvalue weighted by molar-refractivity contribution is 5.88. The van der Waals surface area contributed by atoms with Crippen LogP contribution in [0.1, 0.15) is 28.8 Å². The largest absolute Gasteiger partial charge is 0.477 e. The van der Waals surface area contributed by atoms with Crippen LogP contribution in [0.4, 0.5) is 13.2 Å². The molecule has 86 valence electrons. The molecule has 6 heteroatoms. The van der Waals surface area contributed by atoms with Gasteiger partial charge in [0.1, 0.15) is 11.4 Å². The van der Waals surface area contributed by atoms with E-state index in [1.807, 2.05) is 0 Å². The fraction of sp³-hybridized carbons (Fsp3) is 0.300. The number of hydrogen-bond acceptors (Lipinski definition) is 2. The quantitative estimate of drug-likeness (QED) is 0.764. The Morgan fingerprint density at radius 1 is 1.25 bits per heavy atom. The Balaban J connectivity index is 2.65. The van der Waals surface area contributed by atoms with Crippen molar-refractivity contribution in [1.29, 1.82) is 0 Å². The highest BCUT2D eigenvalue weighted by Crippen LogP contribution is 2.47. The van der Waals surface area contributed by atoms with Crippen molar-refractivity contribution in [3.63, 3.8) is 0 Å². The Morgan fingerprint density at radius 3 is 2.25 bits per heavy atom. The molecular weight excluding hydrogens is 225 g/mol. The summed E-state index contributed by atoms with van der Waals surface area (Å²) in [7, 11) is 0. The van der Waals surface area contributed by atoms with Crippen molar-refractivity contribution in [2.24, 2.45) is 0 Å². The summed E-state index contributed by atoms with van der Waals surface area (Å²) in [5.41, 5.74) is -3.42. The Kier molecular flexibility index (Phi) is 2.20. The zero-order chi connectivity index (χ0) is 12.1. The van der Waals surface area contributed by atoms with Crippen LogP contribution in [0.5, 0.6) is 0 Å². The Labute approximate surface area is 88.1 Å². The first-order valence-electron chi connectivity index (χ1n) is 4.50. The van der Waals surface area contributed by atoms with Crippen LogP contribution in [0.3, 0.4) is 0 Å². The lowest BCUT2D eigenvalue weighted by Gasteiger charge is -2.11. The van der Waals surface area contributed by atoms with Crippen molar-refractivity contribution in [1.82, 2.24) is 0 Å². The molecule has 16 heavy (non-hydrogen) atoms. The van der Waals surface area contributed by atoms with E-state index in [-0.39, 0.29) is 12.8 Å². The molecule has 0 heterocycles. The second kappa shape index (κ2) is 3.21. The molecule has 0 bridgehead atoms. The van der Waals surface area contributed by atoms with Gasteiger partial charge in [0.25, 0.3) is 0 Å². The van der Waals surface area contributed by atoms with Gasteiger partial charge in [-0.05, 0) is 18.9 Å². The van der Waals surface area contributed by atoms with Crippen LogP contribution >= 0.6 is 0 Å². The summed E-state index contributed by atoms with van der Waals surface area (Å²) in [4.78, 5) is 10.5. The molecule has 0 aliphatic heterocycles. The van der Waals surface area contributed by atoms with Crippen LogP contribution in [0.2, 0.25) is 0 Å². The van der Waals surface area contributed by atoms with Crippen LogP contribution in [-0.2, 0) is 5.60 Å². The molecule has 1 aliphatic carbocycles. The van der Waals surface area contributed by atoms with E-state index in [1.165, 1.54) is 0 Å². The van der Waals surface area contributed by atoms with Crippen LogP contribution in [-0.4, -0.2) is 16.2 Å². The van der Waals surface area contributed by atoms with Crippen LogP contribution in [0, 0.1) is 17.5 Å². The highest BCUT2D eigenvalue weighted by atomic mass is 19.2. The maximum absolute atomic E-state index is 13.4. The van der Waals surface area contributed by atoms with E-state index in [2.05, 4.69) is 0 Å². The molecule has 1 aliphatic rings. The van der Waals surface area contributed by atoms with Crippen molar-refractivity contribution < 1.29 is 28.2 Å². The minimum absolute atomic E-state index is 0.204. The summed E-state index contributed by atoms with van der Waals surface area (Å²) < 4.78 is 39.8. The predicted molar refractivity (Wildman–Crippen MR) is 46.4 cm³/mol. The van der Waals surface area contributed by atoms with Crippen LogP contribution in [0.15, 0.2) is 6.07 Å². The minimum Gasteiger partial charge on any atom is -0.477 e. The maximum atomic E-state index is 13.4. The standard InChI is InChI=1S/C10H7F3O3/c11-5-3-4(10(16)1-2-10)7(12)8(13)6(5)9(14)15/h3,16H,1-2H2,(H,14,15). The lowest BCUT2D eigenvalue weighted by Crippen LogP contribution is -2.14. The second-order valence-corrected chi connectivity index (χ2v) is 3.75. The number of carboxylic acid groups (broad SMARTS) is 1. The smallest absolute Gasteiger partial charge is 0.341 e. The van der Waals surface area contributed by atoms with Crippen molar-refractivity contribution in [3.05, 3.63) is 34.6 Å². The van der Waals surface area contributed by atoms with E-state index in [0.29, 0.717) is 6.07 Å². The third-order valence-corrected chi connectivity index (χ3v) is 2.60. The summed E-state index contributed by atoms with van der Waals surface area (Å²) in [6.45, 7) is 0. The molecule has 0 aromatic heterocycles. The number of halogens is 3. The number of carboxylic acids is 1. The van der Waals surface area contributed by atoms with Gasteiger partial charge < -0.3 is 10.2 Å². The molecule has 0 radical (unpaired) electrons. The molecule has 0 spiro atoms. The van der Waals surface area contributed by atoms with E-state index in [9.17, 15) is 23.1 Å².